The topological polar surface area (TPSA) is 51.6 Å². The largest absolute Gasteiger partial charge is 0.496 e. The highest BCUT2D eigenvalue weighted by molar-refractivity contribution is 6.62. The van der Waals surface area contributed by atoms with Gasteiger partial charge in [0.2, 0.25) is 0 Å². The van der Waals surface area contributed by atoms with Crippen LogP contribution in [0.25, 0.3) is 0 Å². The molecule has 1 aliphatic heterocycles. The van der Waals surface area contributed by atoms with Crippen LogP contribution < -0.4 is 5.46 Å². The van der Waals surface area contributed by atoms with Gasteiger partial charge in [-0.2, -0.15) is 0 Å². The number of rotatable bonds is 3. The summed E-state index contributed by atoms with van der Waals surface area (Å²) in [6.07, 6.45) is 1.65. The number of aromatic nitrogens is 1. The van der Waals surface area contributed by atoms with Crippen molar-refractivity contribution in [1.82, 2.24) is 4.98 Å². The number of aliphatic hydroxyl groups excluding tert-OH is 1. The quantitative estimate of drug-likeness (QED) is 0.684. The first-order valence-corrected chi connectivity index (χ1v) is 7.18. The second-order valence-corrected chi connectivity index (χ2v) is 6.72. The van der Waals surface area contributed by atoms with E-state index in [0.717, 1.165) is 11.0 Å². The van der Waals surface area contributed by atoms with E-state index in [4.69, 9.17) is 20.9 Å². The van der Waals surface area contributed by atoms with Gasteiger partial charge in [0.05, 0.1) is 17.3 Å². The average Bonchev–Trinajstić information content (AvgIpc) is 2.50. The lowest BCUT2D eigenvalue weighted by Crippen LogP contribution is -2.41. The first-order chi connectivity index (χ1) is 9.12. The molecular weight excluding hydrogens is 276 g/mol. The summed E-state index contributed by atoms with van der Waals surface area (Å²) in [4.78, 5) is 4.17. The summed E-state index contributed by atoms with van der Waals surface area (Å²) in [5, 5.41) is 9.91. The van der Waals surface area contributed by atoms with Crippen molar-refractivity contribution >= 4 is 24.2 Å². The minimum Gasteiger partial charge on any atom is -0.399 e. The van der Waals surface area contributed by atoms with Crippen molar-refractivity contribution in [2.24, 2.45) is 0 Å². The Morgan fingerprint density at radius 3 is 2.35 bits per heavy atom. The van der Waals surface area contributed by atoms with Crippen LogP contribution >= 0.6 is 11.6 Å². The third-order valence-electron chi connectivity index (χ3n) is 3.97. The number of aliphatic hydroxyl groups is 1. The van der Waals surface area contributed by atoms with Crippen LogP contribution in [-0.2, 0) is 15.7 Å². The van der Waals surface area contributed by atoms with E-state index in [1.54, 1.807) is 13.1 Å². The van der Waals surface area contributed by atoms with Crippen LogP contribution in [0.4, 0.5) is 0 Å². The summed E-state index contributed by atoms with van der Waals surface area (Å²) in [5.41, 5.74) is 0.848. The first-order valence-electron chi connectivity index (χ1n) is 6.80. The third kappa shape index (κ3) is 3.01. The van der Waals surface area contributed by atoms with Crippen molar-refractivity contribution in [2.75, 3.05) is 0 Å². The predicted octanol–water partition coefficient (Wildman–Crippen LogP) is 1.96. The summed E-state index contributed by atoms with van der Waals surface area (Å²) in [6.45, 7) is 9.75. The van der Waals surface area contributed by atoms with E-state index in [2.05, 4.69) is 4.98 Å². The molecule has 6 heteroatoms. The Kier molecular flexibility index (Phi) is 4.18. The SMILES string of the molecule is CC(O)Cc1cc(B2OC(C)(C)C(C)(C)O2)cnc1Cl. The zero-order valence-electron chi connectivity index (χ0n) is 12.6. The number of hydrogen-bond donors (Lipinski definition) is 1. The van der Waals surface area contributed by atoms with Crippen LogP contribution in [0, 0.1) is 0 Å². The number of halogens is 1. The standard InChI is InChI=1S/C14H21BClNO3/c1-9(18)6-10-7-11(8-17-12(10)16)15-19-13(2,3)14(4,5)20-15/h7-9,18H,6H2,1-5H3. The molecule has 0 radical (unpaired) electrons. The maximum absolute atomic E-state index is 9.50. The highest BCUT2D eigenvalue weighted by Gasteiger charge is 2.51. The van der Waals surface area contributed by atoms with Gasteiger partial charge in [-0.05, 0) is 40.2 Å². The molecule has 0 aliphatic carbocycles. The Hall–Kier alpha value is -0.615. The average molecular weight is 298 g/mol. The Morgan fingerprint density at radius 2 is 1.85 bits per heavy atom. The highest BCUT2D eigenvalue weighted by atomic mass is 35.5. The second kappa shape index (κ2) is 5.30. The van der Waals surface area contributed by atoms with Gasteiger partial charge in [0.1, 0.15) is 5.15 Å². The molecule has 0 bridgehead atoms. The summed E-state index contributed by atoms with van der Waals surface area (Å²) in [5.74, 6) is 0. The van der Waals surface area contributed by atoms with Gasteiger partial charge in [-0.25, -0.2) is 4.98 Å². The molecule has 1 atom stereocenters. The van der Waals surface area contributed by atoms with Crippen LogP contribution in [-0.4, -0.2) is 34.5 Å². The van der Waals surface area contributed by atoms with E-state index < -0.39 is 13.2 Å². The van der Waals surface area contributed by atoms with Crippen molar-refractivity contribution < 1.29 is 14.4 Å². The maximum atomic E-state index is 9.50. The molecule has 1 unspecified atom stereocenters. The van der Waals surface area contributed by atoms with Crippen LogP contribution in [0.5, 0.6) is 0 Å². The van der Waals surface area contributed by atoms with Crippen LogP contribution in [0.3, 0.4) is 0 Å². The van der Waals surface area contributed by atoms with E-state index >= 15 is 0 Å². The molecule has 20 heavy (non-hydrogen) atoms. The molecule has 1 N–H and O–H groups in total. The number of pyridine rings is 1. The summed E-state index contributed by atoms with van der Waals surface area (Å²) < 4.78 is 12.0. The minimum atomic E-state index is -0.470. The fourth-order valence-electron chi connectivity index (χ4n) is 2.08. The lowest BCUT2D eigenvalue weighted by molar-refractivity contribution is 0.00578. The van der Waals surface area contributed by atoms with Gasteiger partial charge in [-0.3, -0.25) is 0 Å². The van der Waals surface area contributed by atoms with Crippen molar-refractivity contribution in [3.63, 3.8) is 0 Å². The van der Waals surface area contributed by atoms with Gasteiger partial charge < -0.3 is 14.4 Å². The number of nitrogens with zero attached hydrogens (tertiary/aromatic N) is 1. The van der Waals surface area contributed by atoms with Gasteiger partial charge in [-0.15, -0.1) is 0 Å². The fourth-order valence-corrected chi connectivity index (χ4v) is 2.26. The van der Waals surface area contributed by atoms with Gasteiger partial charge in [0.15, 0.2) is 0 Å². The molecule has 0 saturated carbocycles. The molecule has 1 aromatic heterocycles. The predicted molar refractivity (Wildman–Crippen MR) is 80.3 cm³/mol. The zero-order valence-corrected chi connectivity index (χ0v) is 13.4. The minimum absolute atomic E-state index is 0.387. The lowest BCUT2D eigenvalue weighted by atomic mass is 9.79. The lowest BCUT2D eigenvalue weighted by Gasteiger charge is -2.32. The second-order valence-electron chi connectivity index (χ2n) is 6.36. The van der Waals surface area contributed by atoms with E-state index in [9.17, 15) is 5.11 Å². The van der Waals surface area contributed by atoms with Crippen molar-refractivity contribution in [1.29, 1.82) is 0 Å². The Bertz CT molecular complexity index is 489. The molecule has 1 fully saturated rings. The van der Waals surface area contributed by atoms with E-state index in [1.165, 1.54) is 0 Å². The van der Waals surface area contributed by atoms with Crippen molar-refractivity contribution in [3.05, 3.63) is 23.0 Å². The van der Waals surface area contributed by atoms with Crippen molar-refractivity contribution in [3.8, 4) is 0 Å². The van der Waals surface area contributed by atoms with Crippen molar-refractivity contribution in [2.45, 2.75) is 58.3 Å². The maximum Gasteiger partial charge on any atom is 0.496 e. The molecular formula is C14H21BClNO3. The fraction of sp³-hybridized carbons (Fsp3) is 0.643. The monoisotopic (exact) mass is 297 g/mol. The summed E-state index contributed by atoms with van der Waals surface area (Å²) in [6, 6.07) is 1.89. The molecule has 1 aliphatic rings. The summed E-state index contributed by atoms with van der Waals surface area (Å²) in [7, 11) is -0.461. The summed E-state index contributed by atoms with van der Waals surface area (Å²) >= 11 is 6.06. The number of hydrogen-bond acceptors (Lipinski definition) is 4. The normalized spacial score (nSPS) is 22.1. The molecule has 4 nitrogen and oxygen atoms in total. The van der Waals surface area contributed by atoms with Gasteiger partial charge >= 0.3 is 7.12 Å². The smallest absolute Gasteiger partial charge is 0.399 e. The van der Waals surface area contributed by atoms with Gasteiger partial charge in [0, 0.05) is 18.1 Å². The van der Waals surface area contributed by atoms with Gasteiger partial charge in [0.25, 0.3) is 0 Å². The third-order valence-corrected chi connectivity index (χ3v) is 4.31. The van der Waals surface area contributed by atoms with Crippen LogP contribution in [0.2, 0.25) is 5.15 Å². The first kappa shape index (κ1) is 15.8. The van der Waals surface area contributed by atoms with Crippen LogP contribution in [0.1, 0.15) is 40.2 Å². The molecule has 1 aromatic rings. The van der Waals surface area contributed by atoms with Gasteiger partial charge in [-0.1, -0.05) is 17.7 Å². The molecule has 110 valence electrons. The molecule has 0 aromatic carbocycles. The van der Waals surface area contributed by atoms with Crippen LogP contribution in [0.15, 0.2) is 12.3 Å². The molecule has 0 amide bonds. The molecule has 1 saturated heterocycles. The molecule has 2 rings (SSSR count). The molecule has 0 spiro atoms. The van der Waals surface area contributed by atoms with E-state index in [1.807, 2.05) is 33.8 Å². The Morgan fingerprint density at radius 1 is 1.30 bits per heavy atom. The highest BCUT2D eigenvalue weighted by Crippen LogP contribution is 2.36. The zero-order chi connectivity index (χ0) is 15.1. The van der Waals surface area contributed by atoms with E-state index in [0.29, 0.717) is 11.6 Å². The Balaban J connectivity index is 2.27. The Labute approximate surface area is 125 Å². The van der Waals surface area contributed by atoms with E-state index in [-0.39, 0.29) is 11.2 Å². The molecule has 2 heterocycles.